The fraction of sp³-hybridized carbons (Fsp3) is 0.250. The summed E-state index contributed by atoms with van der Waals surface area (Å²) in [7, 11) is -1.18. The van der Waals surface area contributed by atoms with Crippen molar-refractivity contribution < 1.29 is 31.0 Å². The molecule has 186 valence electrons. The second kappa shape index (κ2) is 10.5. The zero-order valence-corrected chi connectivity index (χ0v) is 19.5. The van der Waals surface area contributed by atoms with Gasteiger partial charge < -0.3 is 9.88 Å². The molecular weight excluding hydrogens is 491 g/mol. The largest absolute Gasteiger partial charge is 0.416 e. The number of amides is 1. The minimum absolute atomic E-state index is 0.00864. The molecule has 0 bridgehead atoms. The van der Waals surface area contributed by atoms with Gasteiger partial charge in [0.2, 0.25) is 5.43 Å². The van der Waals surface area contributed by atoms with E-state index >= 15 is 0 Å². The minimum Gasteiger partial charge on any atom is -0.348 e. The van der Waals surface area contributed by atoms with Crippen LogP contribution in [0.25, 0.3) is 11.1 Å². The van der Waals surface area contributed by atoms with Crippen molar-refractivity contribution in [2.24, 2.45) is 0 Å². The topological polar surface area (TPSA) is 68.2 Å². The van der Waals surface area contributed by atoms with E-state index in [2.05, 4.69) is 5.32 Å². The molecule has 0 aliphatic rings. The molecule has 1 unspecified atom stereocenters. The Balaban J connectivity index is 2.02. The SMILES string of the molecule is Cc1c(-c2cccc(C(F)(F)F)c2)c(=O)c(C(=O)NCc2ccc(S(C)=O)cc2)cn1CC(F)F. The van der Waals surface area contributed by atoms with Gasteiger partial charge in [0.05, 0.1) is 12.1 Å². The fourth-order valence-electron chi connectivity index (χ4n) is 3.52. The number of alkyl halides is 5. The van der Waals surface area contributed by atoms with Gasteiger partial charge in [-0.25, -0.2) is 8.78 Å². The van der Waals surface area contributed by atoms with Crippen LogP contribution in [0.2, 0.25) is 0 Å². The number of pyridine rings is 1. The molecule has 0 aliphatic carbocycles. The molecule has 1 amide bonds. The van der Waals surface area contributed by atoms with Crippen LogP contribution in [0, 0.1) is 6.92 Å². The summed E-state index contributed by atoms with van der Waals surface area (Å²) in [6.07, 6.45) is -5.01. The number of carbonyl (C=O) groups excluding carboxylic acids is 1. The number of halogens is 5. The molecule has 0 saturated carbocycles. The smallest absolute Gasteiger partial charge is 0.348 e. The van der Waals surface area contributed by atoms with E-state index in [-0.39, 0.29) is 23.4 Å². The molecule has 1 aromatic heterocycles. The van der Waals surface area contributed by atoms with Crippen molar-refractivity contribution >= 4 is 16.7 Å². The third kappa shape index (κ3) is 6.21. The summed E-state index contributed by atoms with van der Waals surface area (Å²) in [5.41, 5.74) is -2.13. The Morgan fingerprint density at radius 2 is 1.77 bits per heavy atom. The van der Waals surface area contributed by atoms with E-state index in [9.17, 15) is 35.8 Å². The van der Waals surface area contributed by atoms with E-state index < -0.39 is 52.4 Å². The van der Waals surface area contributed by atoms with Crippen LogP contribution in [0.5, 0.6) is 0 Å². The lowest BCUT2D eigenvalue weighted by Crippen LogP contribution is -2.31. The van der Waals surface area contributed by atoms with Crippen molar-refractivity contribution in [3.63, 3.8) is 0 Å². The van der Waals surface area contributed by atoms with Crippen molar-refractivity contribution in [2.45, 2.75) is 37.5 Å². The molecule has 0 aliphatic heterocycles. The Kier molecular flexibility index (Phi) is 7.89. The number of nitrogens with zero attached hydrogens (tertiary/aromatic N) is 1. The first-order chi connectivity index (χ1) is 16.4. The van der Waals surface area contributed by atoms with Crippen LogP contribution in [0.4, 0.5) is 22.0 Å². The Hall–Kier alpha value is -3.34. The van der Waals surface area contributed by atoms with Crippen molar-refractivity contribution in [1.82, 2.24) is 9.88 Å². The molecule has 11 heteroatoms. The van der Waals surface area contributed by atoms with Crippen molar-refractivity contribution in [1.29, 1.82) is 0 Å². The van der Waals surface area contributed by atoms with Crippen LogP contribution in [0.3, 0.4) is 0 Å². The molecule has 0 fully saturated rings. The van der Waals surface area contributed by atoms with Crippen LogP contribution >= 0.6 is 0 Å². The molecule has 0 spiro atoms. The second-order valence-corrected chi connectivity index (χ2v) is 9.11. The molecule has 2 aromatic carbocycles. The first-order valence-electron chi connectivity index (χ1n) is 10.3. The molecule has 1 atom stereocenters. The maximum absolute atomic E-state index is 13.2. The normalized spacial score (nSPS) is 12.6. The lowest BCUT2D eigenvalue weighted by Gasteiger charge is -2.17. The molecule has 0 saturated heterocycles. The first kappa shape index (κ1) is 26.3. The first-order valence-corrected chi connectivity index (χ1v) is 11.8. The predicted octanol–water partition coefficient (Wildman–Crippen LogP) is 4.78. The standard InChI is InChI=1S/C24H21F5N2O3S/c1-14-21(16-4-3-5-17(10-16)24(27,28)29)22(32)19(12-31(14)13-20(25)26)23(33)30-11-15-6-8-18(9-7-15)35(2)34/h3-10,12,20H,11,13H2,1-2H3,(H,30,33). The summed E-state index contributed by atoms with van der Waals surface area (Å²) in [4.78, 5) is 26.6. The van der Waals surface area contributed by atoms with Gasteiger partial charge in [-0.1, -0.05) is 24.3 Å². The van der Waals surface area contributed by atoms with E-state index in [1.54, 1.807) is 24.3 Å². The van der Waals surface area contributed by atoms with E-state index in [4.69, 9.17) is 0 Å². The minimum atomic E-state index is -4.68. The maximum Gasteiger partial charge on any atom is 0.416 e. The van der Waals surface area contributed by atoms with Crippen molar-refractivity contribution in [2.75, 3.05) is 6.26 Å². The summed E-state index contributed by atoms with van der Waals surface area (Å²) in [6, 6.07) is 10.4. The third-order valence-electron chi connectivity index (χ3n) is 5.32. The number of benzene rings is 2. The number of carbonyl (C=O) groups is 1. The van der Waals surface area contributed by atoms with E-state index in [1.165, 1.54) is 19.2 Å². The lowest BCUT2D eigenvalue weighted by atomic mass is 9.99. The molecular formula is C24H21F5N2O3S. The fourth-order valence-corrected chi connectivity index (χ4v) is 4.04. The molecule has 1 heterocycles. The van der Waals surface area contributed by atoms with Gasteiger partial charge in [-0.05, 0) is 42.3 Å². The summed E-state index contributed by atoms with van der Waals surface area (Å²) in [5.74, 6) is -0.866. The summed E-state index contributed by atoms with van der Waals surface area (Å²) >= 11 is 0. The van der Waals surface area contributed by atoms with Crippen LogP contribution in [0.1, 0.15) is 27.2 Å². The highest BCUT2D eigenvalue weighted by Crippen LogP contribution is 2.32. The predicted molar refractivity (Wildman–Crippen MR) is 122 cm³/mol. The second-order valence-electron chi connectivity index (χ2n) is 7.74. The van der Waals surface area contributed by atoms with Gasteiger partial charge in [0.15, 0.2) is 0 Å². The highest BCUT2D eigenvalue weighted by atomic mass is 32.2. The molecule has 3 rings (SSSR count). The average Bonchev–Trinajstić information content (AvgIpc) is 2.79. The van der Waals surface area contributed by atoms with Crippen molar-refractivity contribution in [3.05, 3.63) is 87.3 Å². The number of hydrogen-bond donors (Lipinski definition) is 1. The molecule has 0 radical (unpaired) electrons. The Bertz CT molecular complexity index is 1320. The van der Waals surface area contributed by atoms with Crippen LogP contribution in [-0.2, 0) is 30.1 Å². The number of rotatable bonds is 7. The molecule has 1 N–H and O–H groups in total. The Morgan fingerprint density at radius 3 is 2.34 bits per heavy atom. The monoisotopic (exact) mass is 512 g/mol. The van der Waals surface area contributed by atoms with E-state index in [1.807, 2.05) is 0 Å². The number of nitrogens with one attached hydrogen (secondary N) is 1. The highest BCUT2D eigenvalue weighted by Gasteiger charge is 2.31. The molecule has 5 nitrogen and oxygen atoms in total. The van der Waals surface area contributed by atoms with Crippen LogP contribution in [-0.4, -0.2) is 27.4 Å². The van der Waals surface area contributed by atoms with Gasteiger partial charge in [-0.2, -0.15) is 13.2 Å². The lowest BCUT2D eigenvalue weighted by molar-refractivity contribution is -0.137. The average molecular weight is 513 g/mol. The zero-order valence-electron chi connectivity index (χ0n) is 18.7. The summed E-state index contributed by atoms with van der Waals surface area (Å²) in [6.45, 7) is 0.463. The molecule has 35 heavy (non-hydrogen) atoms. The van der Waals surface area contributed by atoms with E-state index in [0.717, 1.165) is 29.0 Å². The number of aromatic nitrogens is 1. The van der Waals surface area contributed by atoms with Gasteiger partial charge in [0.1, 0.15) is 5.56 Å². The summed E-state index contributed by atoms with van der Waals surface area (Å²) in [5, 5.41) is 2.52. The quantitative estimate of drug-likeness (QED) is 0.464. The maximum atomic E-state index is 13.2. The third-order valence-corrected chi connectivity index (χ3v) is 6.25. The zero-order chi connectivity index (χ0) is 25.9. The van der Waals surface area contributed by atoms with Crippen LogP contribution in [0.15, 0.2) is 64.4 Å². The van der Waals surface area contributed by atoms with Gasteiger partial charge in [0, 0.05) is 45.9 Å². The van der Waals surface area contributed by atoms with Gasteiger partial charge in [-0.15, -0.1) is 0 Å². The number of hydrogen-bond acceptors (Lipinski definition) is 3. The van der Waals surface area contributed by atoms with Gasteiger partial charge >= 0.3 is 6.18 Å². The van der Waals surface area contributed by atoms with Crippen LogP contribution < -0.4 is 10.7 Å². The summed E-state index contributed by atoms with van der Waals surface area (Å²) < 4.78 is 78.5. The Morgan fingerprint density at radius 1 is 1.11 bits per heavy atom. The highest BCUT2D eigenvalue weighted by molar-refractivity contribution is 7.84. The van der Waals surface area contributed by atoms with Gasteiger partial charge in [0.25, 0.3) is 12.3 Å². The Labute approximate surface area is 200 Å². The molecule has 3 aromatic rings. The van der Waals surface area contributed by atoms with E-state index in [0.29, 0.717) is 10.5 Å². The van der Waals surface area contributed by atoms with Crippen molar-refractivity contribution in [3.8, 4) is 11.1 Å². The van der Waals surface area contributed by atoms with Gasteiger partial charge in [-0.3, -0.25) is 13.8 Å².